The minimum Gasteiger partial charge on any atom is -0.380 e. The lowest BCUT2D eigenvalue weighted by atomic mass is 10.1. The Kier molecular flexibility index (Phi) is 4.90. The molecular formula is C10H20N2O2. The summed E-state index contributed by atoms with van der Waals surface area (Å²) < 4.78 is 5.28. The molecule has 82 valence electrons. The third kappa shape index (κ3) is 3.27. The summed E-state index contributed by atoms with van der Waals surface area (Å²) in [6, 6.07) is -0.321. The lowest BCUT2D eigenvalue weighted by Crippen LogP contribution is -2.44. The van der Waals surface area contributed by atoms with E-state index < -0.39 is 0 Å². The first kappa shape index (κ1) is 11.5. The third-order valence-corrected chi connectivity index (χ3v) is 2.45. The highest BCUT2D eigenvalue weighted by atomic mass is 16.5. The molecule has 4 nitrogen and oxygen atoms in total. The zero-order valence-corrected chi connectivity index (χ0v) is 8.87. The number of carbonyl (C=O) groups excluding carboxylic acids is 1. The molecule has 1 saturated heterocycles. The van der Waals surface area contributed by atoms with E-state index in [0.717, 1.165) is 32.4 Å². The highest BCUT2D eigenvalue weighted by Gasteiger charge is 2.20. The normalized spacial score (nSPS) is 20.3. The molecule has 1 fully saturated rings. The summed E-state index contributed by atoms with van der Waals surface area (Å²) >= 11 is 0. The Balaban J connectivity index is 2.40. The van der Waals surface area contributed by atoms with Crippen LogP contribution in [0.1, 0.15) is 26.2 Å². The fraction of sp³-hybridized carbons (Fsp3) is 0.900. The maximum atomic E-state index is 11.8. The van der Waals surface area contributed by atoms with Gasteiger partial charge in [-0.2, -0.15) is 0 Å². The van der Waals surface area contributed by atoms with Crippen LogP contribution in [0.15, 0.2) is 0 Å². The molecule has 0 aromatic heterocycles. The first-order valence-corrected chi connectivity index (χ1v) is 5.37. The Morgan fingerprint density at radius 3 is 3.00 bits per heavy atom. The van der Waals surface area contributed by atoms with E-state index in [4.69, 9.17) is 10.5 Å². The number of ether oxygens (including phenoxy) is 1. The fourth-order valence-electron chi connectivity index (χ4n) is 1.64. The van der Waals surface area contributed by atoms with Crippen LogP contribution in [0.5, 0.6) is 0 Å². The predicted octanol–water partition coefficient (Wildman–Crippen LogP) is 0.363. The first-order valence-electron chi connectivity index (χ1n) is 5.37. The van der Waals surface area contributed by atoms with Gasteiger partial charge in [-0.15, -0.1) is 0 Å². The summed E-state index contributed by atoms with van der Waals surface area (Å²) in [5.41, 5.74) is 5.78. The van der Waals surface area contributed by atoms with Crippen LogP contribution in [-0.2, 0) is 9.53 Å². The van der Waals surface area contributed by atoms with E-state index in [1.165, 1.54) is 0 Å². The van der Waals surface area contributed by atoms with E-state index in [9.17, 15) is 4.79 Å². The maximum Gasteiger partial charge on any atom is 0.239 e. The number of nitrogens with two attached hydrogens (primary N) is 1. The number of hydrogen-bond acceptors (Lipinski definition) is 3. The van der Waals surface area contributed by atoms with Crippen LogP contribution in [0.2, 0.25) is 0 Å². The molecule has 0 aliphatic carbocycles. The van der Waals surface area contributed by atoms with Gasteiger partial charge in [0.25, 0.3) is 0 Å². The van der Waals surface area contributed by atoms with Crippen molar-refractivity contribution in [3.05, 3.63) is 0 Å². The largest absolute Gasteiger partial charge is 0.380 e. The zero-order valence-electron chi connectivity index (χ0n) is 8.87. The minimum absolute atomic E-state index is 0.0809. The van der Waals surface area contributed by atoms with Crippen LogP contribution in [0.4, 0.5) is 0 Å². The molecule has 1 heterocycles. The van der Waals surface area contributed by atoms with E-state index in [1.807, 2.05) is 11.8 Å². The smallest absolute Gasteiger partial charge is 0.239 e. The van der Waals surface area contributed by atoms with Crippen LogP contribution >= 0.6 is 0 Å². The highest BCUT2D eigenvalue weighted by molar-refractivity contribution is 5.81. The Morgan fingerprint density at radius 2 is 2.29 bits per heavy atom. The van der Waals surface area contributed by atoms with Crippen molar-refractivity contribution in [2.45, 2.75) is 32.2 Å². The summed E-state index contributed by atoms with van der Waals surface area (Å²) in [6.07, 6.45) is 2.65. The molecular weight excluding hydrogens is 180 g/mol. The lowest BCUT2D eigenvalue weighted by molar-refractivity contribution is -0.132. The average molecular weight is 200 g/mol. The lowest BCUT2D eigenvalue weighted by Gasteiger charge is -2.23. The number of hydrogen-bond donors (Lipinski definition) is 1. The van der Waals surface area contributed by atoms with Crippen molar-refractivity contribution in [3.63, 3.8) is 0 Å². The van der Waals surface area contributed by atoms with Crippen molar-refractivity contribution in [2.75, 3.05) is 26.3 Å². The van der Waals surface area contributed by atoms with Crippen molar-refractivity contribution in [1.29, 1.82) is 0 Å². The van der Waals surface area contributed by atoms with Gasteiger partial charge in [0.2, 0.25) is 5.91 Å². The van der Waals surface area contributed by atoms with Crippen molar-refractivity contribution >= 4 is 5.91 Å². The summed E-state index contributed by atoms with van der Waals surface area (Å²) in [6.45, 7) is 4.92. The van der Waals surface area contributed by atoms with E-state index in [1.54, 1.807) is 0 Å². The van der Waals surface area contributed by atoms with Gasteiger partial charge in [0.15, 0.2) is 0 Å². The van der Waals surface area contributed by atoms with Gasteiger partial charge in [-0.3, -0.25) is 4.79 Å². The molecule has 1 rings (SSSR count). The van der Waals surface area contributed by atoms with Crippen molar-refractivity contribution < 1.29 is 9.53 Å². The second-order valence-corrected chi connectivity index (χ2v) is 3.69. The van der Waals surface area contributed by atoms with Gasteiger partial charge >= 0.3 is 0 Å². The molecule has 0 aromatic carbocycles. The quantitative estimate of drug-likeness (QED) is 0.715. The monoisotopic (exact) mass is 200 g/mol. The highest BCUT2D eigenvalue weighted by Crippen LogP contribution is 2.04. The van der Waals surface area contributed by atoms with E-state index in [0.29, 0.717) is 13.2 Å². The molecule has 0 radical (unpaired) electrons. The summed E-state index contributed by atoms with van der Waals surface area (Å²) in [5.74, 6) is 0.0809. The van der Waals surface area contributed by atoms with Crippen molar-refractivity contribution in [1.82, 2.24) is 4.90 Å². The van der Waals surface area contributed by atoms with Crippen LogP contribution in [0.3, 0.4) is 0 Å². The zero-order chi connectivity index (χ0) is 10.4. The number of amides is 1. The minimum atomic E-state index is -0.321. The standard InChI is InChI=1S/C10H20N2O2/c1-2-4-9(11)10(13)12-5-3-7-14-8-6-12/h9H,2-8,11H2,1H3. The van der Waals surface area contributed by atoms with Gasteiger partial charge < -0.3 is 15.4 Å². The van der Waals surface area contributed by atoms with E-state index >= 15 is 0 Å². The summed E-state index contributed by atoms with van der Waals surface area (Å²) in [7, 11) is 0. The third-order valence-electron chi connectivity index (χ3n) is 2.45. The second-order valence-electron chi connectivity index (χ2n) is 3.69. The van der Waals surface area contributed by atoms with Crippen molar-refractivity contribution in [3.8, 4) is 0 Å². The molecule has 2 N–H and O–H groups in total. The summed E-state index contributed by atoms with van der Waals surface area (Å²) in [5, 5.41) is 0. The molecule has 1 aliphatic rings. The molecule has 0 bridgehead atoms. The maximum absolute atomic E-state index is 11.8. The van der Waals surface area contributed by atoms with Gasteiger partial charge in [-0.1, -0.05) is 13.3 Å². The van der Waals surface area contributed by atoms with Crippen LogP contribution < -0.4 is 5.73 Å². The van der Waals surface area contributed by atoms with Crippen LogP contribution in [-0.4, -0.2) is 43.2 Å². The molecule has 0 saturated carbocycles. The molecule has 1 unspecified atom stereocenters. The summed E-state index contributed by atoms with van der Waals surface area (Å²) in [4.78, 5) is 13.6. The molecule has 14 heavy (non-hydrogen) atoms. The molecule has 1 aliphatic heterocycles. The van der Waals surface area contributed by atoms with Crippen LogP contribution in [0.25, 0.3) is 0 Å². The molecule has 1 atom stereocenters. The van der Waals surface area contributed by atoms with Crippen molar-refractivity contribution in [2.24, 2.45) is 5.73 Å². The first-order chi connectivity index (χ1) is 6.75. The SMILES string of the molecule is CCCC(N)C(=O)N1CCCOCC1. The Hall–Kier alpha value is -0.610. The Bertz CT molecular complexity index is 177. The van der Waals surface area contributed by atoms with Gasteiger partial charge in [-0.25, -0.2) is 0 Å². The van der Waals surface area contributed by atoms with E-state index in [2.05, 4.69) is 0 Å². The van der Waals surface area contributed by atoms with Gasteiger partial charge in [0.1, 0.15) is 0 Å². The van der Waals surface area contributed by atoms with Gasteiger partial charge in [0, 0.05) is 19.7 Å². The topological polar surface area (TPSA) is 55.6 Å². The molecule has 0 spiro atoms. The number of carbonyl (C=O) groups is 1. The molecule has 0 aromatic rings. The second kappa shape index (κ2) is 5.98. The Morgan fingerprint density at radius 1 is 1.50 bits per heavy atom. The van der Waals surface area contributed by atoms with Crippen LogP contribution in [0, 0.1) is 0 Å². The molecule has 1 amide bonds. The molecule has 4 heteroatoms. The average Bonchev–Trinajstić information content (AvgIpc) is 2.45. The van der Waals surface area contributed by atoms with Gasteiger partial charge in [0.05, 0.1) is 12.6 Å². The predicted molar refractivity (Wildman–Crippen MR) is 54.9 cm³/mol. The number of nitrogens with zero attached hydrogens (tertiary/aromatic N) is 1. The fourth-order valence-corrected chi connectivity index (χ4v) is 1.64. The van der Waals surface area contributed by atoms with Gasteiger partial charge in [-0.05, 0) is 12.8 Å². The Labute approximate surface area is 85.4 Å². The van der Waals surface area contributed by atoms with E-state index in [-0.39, 0.29) is 11.9 Å². The number of rotatable bonds is 3.